The van der Waals surface area contributed by atoms with Gasteiger partial charge in [0.2, 0.25) is 5.88 Å². The summed E-state index contributed by atoms with van der Waals surface area (Å²) in [6.45, 7) is 0. The normalized spacial score (nSPS) is 11.3. The van der Waals surface area contributed by atoms with Gasteiger partial charge in [0, 0.05) is 29.5 Å². The lowest BCUT2D eigenvalue weighted by Crippen LogP contribution is -2.15. The minimum Gasteiger partial charge on any atom is -0.438 e. The summed E-state index contributed by atoms with van der Waals surface area (Å²) in [7, 11) is -4.03. The quantitative estimate of drug-likeness (QED) is 0.513. The molecule has 1 aromatic carbocycles. The molecule has 0 fully saturated rings. The van der Waals surface area contributed by atoms with E-state index in [1.807, 2.05) is 6.07 Å². The molecule has 0 saturated heterocycles. The number of pyridine rings is 1. The van der Waals surface area contributed by atoms with Gasteiger partial charge in [-0.1, -0.05) is 18.2 Å². The minimum absolute atomic E-state index is 0.0441. The fourth-order valence-corrected chi connectivity index (χ4v) is 4.49. The molecule has 0 unspecified atom stereocenters. The summed E-state index contributed by atoms with van der Waals surface area (Å²) in [6, 6.07) is 12.1. The van der Waals surface area contributed by atoms with Gasteiger partial charge in [-0.2, -0.15) is 5.10 Å². The number of hydrogen-bond acceptors (Lipinski definition) is 7. The SMILES string of the molecule is O=S(=O)(Nc1nccs1)c1c(-c2ccn[nH]2)ccnc1Oc1ccccc1. The zero-order valence-corrected chi connectivity index (χ0v) is 15.4. The molecule has 0 amide bonds. The van der Waals surface area contributed by atoms with Crippen molar-refractivity contribution < 1.29 is 13.2 Å². The van der Waals surface area contributed by atoms with Gasteiger partial charge in [-0.25, -0.2) is 18.4 Å². The highest BCUT2D eigenvalue weighted by Gasteiger charge is 2.28. The van der Waals surface area contributed by atoms with Crippen molar-refractivity contribution in [2.24, 2.45) is 0 Å². The van der Waals surface area contributed by atoms with Gasteiger partial charge in [-0.05, 0) is 24.3 Å². The van der Waals surface area contributed by atoms with Crippen molar-refractivity contribution in [3.63, 3.8) is 0 Å². The zero-order valence-electron chi connectivity index (χ0n) is 13.7. The van der Waals surface area contributed by atoms with Crippen LogP contribution in [0.3, 0.4) is 0 Å². The number of rotatable bonds is 6. The number of anilines is 1. The highest BCUT2D eigenvalue weighted by molar-refractivity contribution is 7.93. The van der Waals surface area contributed by atoms with Crippen LogP contribution in [0.25, 0.3) is 11.3 Å². The maximum Gasteiger partial charge on any atom is 0.269 e. The van der Waals surface area contributed by atoms with Gasteiger partial charge in [0.15, 0.2) is 10.0 Å². The highest BCUT2D eigenvalue weighted by atomic mass is 32.2. The lowest BCUT2D eigenvalue weighted by molar-refractivity contribution is 0.448. The maximum atomic E-state index is 13.1. The van der Waals surface area contributed by atoms with Crippen LogP contribution in [0, 0.1) is 0 Å². The molecular formula is C17H13N5O3S2. The standard InChI is InChI=1S/C17H13N5O3S2/c23-27(24,22-17-19-10-11-26-17)15-13(14-7-9-20-21-14)6-8-18-16(15)25-12-4-2-1-3-5-12/h1-11H,(H,19,22)(H,20,21). The van der Waals surface area contributed by atoms with Gasteiger partial charge in [-0.3, -0.25) is 9.82 Å². The Labute approximate surface area is 159 Å². The Bertz CT molecular complexity index is 1130. The van der Waals surface area contributed by atoms with Crippen LogP contribution in [0.2, 0.25) is 0 Å². The molecule has 3 aromatic heterocycles. The lowest BCUT2D eigenvalue weighted by atomic mass is 10.2. The first-order valence-corrected chi connectivity index (χ1v) is 10.1. The number of aromatic amines is 1. The number of ether oxygens (including phenoxy) is 1. The van der Waals surface area contributed by atoms with Gasteiger partial charge in [-0.15, -0.1) is 11.3 Å². The number of sulfonamides is 1. The first-order chi connectivity index (χ1) is 13.1. The number of para-hydroxylation sites is 1. The summed E-state index contributed by atoms with van der Waals surface area (Å²) in [5.74, 6) is 0.426. The first kappa shape index (κ1) is 17.2. The zero-order chi connectivity index (χ0) is 18.7. The molecule has 0 aliphatic carbocycles. The largest absolute Gasteiger partial charge is 0.438 e. The summed E-state index contributed by atoms with van der Waals surface area (Å²) in [6.07, 6.45) is 4.54. The van der Waals surface area contributed by atoms with E-state index in [-0.39, 0.29) is 15.9 Å². The average Bonchev–Trinajstić information content (AvgIpc) is 3.36. The van der Waals surface area contributed by atoms with Gasteiger partial charge in [0.25, 0.3) is 10.0 Å². The Morgan fingerprint density at radius 2 is 1.85 bits per heavy atom. The average molecular weight is 399 g/mol. The van der Waals surface area contributed by atoms with E-state index in [4.69, 9.17) is 4.74 Å². The van der Waals surface area contributed by atoms with Gasteiger partial charge in [0.05, 0.1) is 5.69 Å². The van der Waals surface area contributed by atoms with E-state index in [1.165, 1.54) is 29.9 Å². The van der Waals surface area contributed by atoms with Crippen LogP contribution < -0.4 is 9.46 Å². The van der Waals surface area contributed by atoms with E-state index in [9.17, 15) is 8.42 Å². The maximum absolute atomic E-state index is 13.1. The third-order valence-electron chi connectivity index (χ3n) is 3.54. The summed E-state index contributed by atoms with van der Waals surface area (Å²) >= 11 is 1.17. The molecule has 8 nitrogen and oxygen atoms in total. The van der Waals surface area contributed by atoms with Gasteiger partial charge >= 0.3 is 0 Å². The smallest absolute Gasteiger partial charge is 0.269 e. The molecule has 0 aliphatic heterocycles. The molecule has 4 aromatic rings. The van der Waals surface area contributed by atoms with Crippen molar-refractivity contribution in [2.75, 3.05) is 4.72 Å². The van der Waals surface area contributed by atoms with E-state index in [1.54, 1.807) is 41.8 Å². The van der Waals surface area contributed by atoms with Crippen LogP contribution in [-0.2, 0) is 10.0 Å². The highest BCUT2D eigenvalue weighted by Crippen LogP contribution is 2.35. The molecule has 0 spiro atoms. The molecular weight excluding hydrogens is 386 g/mol. The van der Waals surface area contributed by atoms with E-state index in [0.717, 1.165) is 0 Å². The number of nitrogens with one attached hydrogen (secondary N) is 2. The number of thiazole rings is 1. The number of benzene rings is 1. The topological polar surface area (TPSA) is 110 Å². The molecule has 27 heavy (non-hydrogen) atoms. The second-order valence-corrected chi connectivity index (χ2v) is 7.83. The van der Waals surface area contributed by atoms with Crippen LogP contribution in [0.5, 0.6) is 11.6 Å². The Morgan fingerprint density at radius 1 is 1.00 bits per heavy atom. The lowest BCUT2D eigenvalue weighted by Gasteiger charge is -2.14. The second-order valence-electron chi connectivity index (χ2n) is 5.32. The third kappa shape index (κ3) is 3.66. The Hall–Kier alpha value is -3.24. The number of hydrogen-bond donors (Lipinski definition) is 2. The van der Waals surface area contributed by atoms with Crippen LogP contribution in [-0.4, -0.2) is 28.6 Å². The molecule has 0 bridgehead atoms. The van der Waals surface area contributed by atoms with Crippen molar-refractivity contribution in [3.8, 4) is 22.9 Å². The molecule has 3 heterocycles. The Morgan fingerprint density at radius 3 is 2.56 bits per heavy atom. The van der Waals surface area contributed by atoms with Gasteiger partial charge < -0.3 is 4.74 Å². The summed E-state index contributed by atoms with van der Waals surface area (Å²) < 4.78 is 34.5. The predicted molar refractivity (Wildman–Crippen MR) is 101 cm³/mol. The first-order valence-electron chi connectivity index (χ1n) is 7.77. The summed E-state index contributed by atoms with van der Waals surface area (Å²) in [5, 5.41) is 8.61. The monoisotopic (exact) mass is 399 g/mol. The molecule has 10 heteroatoms. The van der Waals surface area contributed by atoms with E-state index < -0.39 is 10.0 Å². The van der Waals surface area contributed by atoms with Crippen molar-refractivity contribution in [1.82, 2.24) is 20.2 Å². The van der Waals surface area contributed by atoms with Crippen molar-refractivity contribution in [3.05, 3.63) is 66.4 Å². The van der Waals surface area contributed by atoms with E-state index in [2.05, 4.69) is 24.9 Å². The summed E-state index contributed by atoms with van der Waals surface area (Å²) in [4.78, 5) is 8.02. The third-order valence-corrected chi connectivity index (χ3v) is 5.76. The molecule has 0 radical (unpaired) electrons. The molecule has 0 saturated carbocycles. The Kier molecular flexibility index (Phi) is 4.57. The number of H-pyrrole nitrogens is 1. The predicted octanol–water partition coefficient (Wildman–Crippen LogP) is 3.52. The van der Waals surface area contributed by atoms with Crippen molar-refractivity contribution in [2.45, 2.75) is 4.90 Å². The molecule has 136 valence electrons. The van der Waals surface area contributed by atoms with Gasteiger partial charge in [0.1, 0.15) is 5.75 Å². The molecule has 0 atom stereocenters. The molecule has 0 aliphatic rings. The Balaban J connectivity index is 1.85. The molecule has 4 rings (SSSR count). The van der Waals surface area contributed by atoms with Crippen LogP contribution in [0.1, 0.15) is 0 Å². The number of aromatic nitrogens is 4. The number of nitrogens with zero attached hydrogens (tertiary/aromatic N) is 3. The minimum atomic E-state index is -4.03. The fourth-order valence-electron chi connectivity index (χ4n) is 2.42. The van der Waals surface area contributed by atoms with E-state index in [0.29, 0.717) is 17.0 Å². The van der Waals surface area contributed by atoms with E-state index >= 15 is 0 Å². The molecule has 2 N–H and O–H groups in total. The second kappa shape index (κ2) is 7.17. The summed E-state index contributed by atoms with van der Waals surface area (Å²) in [5.41, 5.74) is 0.910. The van der Waals surface area contributed by atoms with Crippen molar-refractivity contribution in [1.29, 1.82) is 0 Å². The fraction of sp³-hybridized carbons (Fsp3) is 0. The van der Waals surface area contributed by atoms with Crippen LogP contribution in [0.4, 0.5) is 5.13 Å². The van der Waals surface area contributed by atoms with Crippen LogP contribution in [0.15, 0.2) is 71.3 Å². The van der Waals surface area contributed by atoms with Crippen LogP contribution >= 0.6 is 11.3 Å². The van der Waals surface area contributed by atoms with Crippen molar-refractivity contribution >= 4 is 26.5 Å².